The minimum absolute atomic E-state index is 0.267. The number of likely N-dealkylation sites (N-methyl/N-ethyl adjacent to an activating group) is 1. The fourth-order valence-electron chi connectivity index (χ4n) is 3.83. The molecule has 1 aromatic carbocycles. The normalized spacial score (nSPS) is 14.7. The number of hydrogen-bond donors (Lipinski definition) is 1. The summed E-state index contributed by atoms with van der Waals surface area (Å²) in [7, 11) is 2.09. The lowest BCUT2D eigenvalue weighted by atomic mass is 10.2. The number of benzene rings is 1. The Morgan fingerprint density at radius 3 is 2.55 bits per heavy atom. The number of halogens is 2. The third-order valence-electron chi connectivity index (χ3n) is 5.68. The van der Waals surface area contributed by atoms with Crippen molar-refractivity contribution in [3.63, 3.8) is 0 Å². The number of nitrogens with one attached hydrogen (secondary N) is 1. The molecule has 0 amide bonds. The summed E-state index contributed by atoms with van der Waals surface area (Å²) in [5.74, 6) is 1.36. The lowest BCUT2D eigenvalue weighted by molar-refractivity contribution is 0.215. The summed E-state index contributed by atoms with van der Waals surface area (Å²) in [5.41, 5.74) is 1.09. The van der Waals surface area contributed by atoms with Crippen LogP contribution in [0.3, 0.4) is 0 Å². The van der Waals surface area contributed by atoms with Crippen molar-refractivity contribution in [1.82, 2.24) is 24.3 Å². The smallest absolute Gasteiger partial charge is 0.267 e. The van der Waals surface area contributed by atoms with Gasteiger partial charge in [-0.3, -0.25) is 10.2 Å². The molecule has 10 heteroatoms. The topological polar surface area (TPSA) is 78.1 Å². The number of pyridine rings is 1. The van der Waals surface area contributed by atoms with E-state index in [0.717, 1.165) is 36.6 Å². The van der Waals surface area contributed by atoms with Crippen LogP contribution in [-0.2, 0) is 0 Å². The molecule has 0 saturated carbocycles. The van der Waals surface area contributed by atoms with Crippen LogP contribution in [0.1, 0.15) is 5.56 Å². The van der Waals surface area contributed by atoms with Crippen molar-refractivity contribution in [3.05, 3.63) is 73.9 Å². The number of thiophene rings is 1. The van der Waals surface area contributed by atoms with Gasteiger partial charge in [0.15, 0.2) is 5.82 Å². The molecule has 0 bridgehead atoms. The van der Waals surface area contributed by atoms with Crippen molar-refractivity contribution in [3.8, 4) is 16.5 Å². The Bertz CT molecular complexity index is 1410. The monoisotopic (exact) mass is 498 g/mol. The SMILES string of the molecule is CN1CCN(C(=N)c2csc(-c3nc4ccc(Cl)cc4c(=O)n3-c3ccc(Cl)cn3)c2)CC1. The molecule has 1 saturated heterocycles. The van der Waals surface area contributed by atoms with Crippen LogP contribution < -0.4 is 5.56 Å². The third kappa shape index (κ3) is 4.27. The molecule has 1 N–H and O–H groups in total. The Morgan fingerprint density at radius 2 is 1.82 bits per heavy atom. The van der Waals surface area contributed by atoms with Gasteiger partial charge in [0, 0.05) is 48.3 Å². The highest BCUT2D eigenvalue weighted by atomic mass is 35.5. The predicted molar refractivity (Wildman–Crippen MR) is 134 cm³/mol. The van der Waals surface area contributed by atoms with Crippen LogP contribution in [0, 0.1) is 5.41 Å². The van der Waals surface area contributed by atoms with E-state index < -0.39 is 0 Å². The molecule has 4 heterocycles. The number of rotatable bonds is 3. The molecular formula is C23H20Cl2N6OS. The van der Waals surface area contributed by atoms with Crippen molar-refractivity contribution >= 4 is 51.3 Å². The molecule has 4 aromatic rings. The number of amidine groups is 1. The fraction of sp³-hybridized carbons (Fsp3) is 0.217. The van der Waals surface area contributed by atoms with Gasteiger partial charge in [-0.15, -0.1) is 11.3 Å². The first-order valence-corrected chi connectivity index (χ1v) is 12.0. The van der Waals surface area contributed by atoms with Crippen molar-refractivity contribution in [2.45, 2.75) is 0 Å². The number of hydrogen-bond acceptors (Lipinski definition) is 6. The predicted octanol–water partition coefficient (Wildman–Crippen LogP) is 4.39. The molecule has 1 aliphatic heterocycles. The molecule has 1 aliphatic rings. The van der Waals surface area contributed by atoms with Crippen LogP contribution in [0.2, 0.25) is 10.0 Å². The average molecular weight is 499 g/mol. The molecule has 0 spiro atoms. The third-order valence-corrected chi connectivity index (χ3v) is 7.07. The first kappa shape index (κ1) is 22.0. The van der Waals surface area contributed by atoms with Gasteiger partial charge in [0.2, 0.25) is 0 Å². The van der Waals surface area contributed by atoms with Gasteiger partial charge in [0.05, 0.1) is 20.8 Å². The molecule has 5 rings (SSSR count). The maximum atomic E-state index is 13.5. The average Bonchev–Trinajstić information content (AvgIpc) is 3.30. The summed E-state index contributed by atoms with van der Waals surface area (Å²) in [4.78, 5) is 27.8. The molecule has 168 valence electrons. The van der Waals surface area contributed by atoms with Gasteiger partial charge in [0.1, 0.15) is 11.7 Å². The lowest BCUT2D eigenvalue weighted by Crippen LogP contribution is -2.47. The summed E-state index contributed by atoms with van der Waals surface area (Å²) >= 11 is 13.6. The van der Waals surface area contributed by atoms with E-state index >= 15 is 0 Å². The Kier molecular flexibility index (Phi) is 5.92. The first-order chi connectivity index (χ1) is 15.9. The summed E-state index contributed by atoms with van der Waals surface area (Å²) in [6.07, 6.45) is 1.50. The van der Waals surface area contributed by atoms with E-state index in [0.29, 0.717) is 38.4 Å². The van der Waals surface area contributed by atoms with Gasteiger partial charge in [-0.2, -0.15) is 0 Å². The van der Waals surface area contributed by atoms with Gasteiger partial charge in [-0.05, 0) is 43.4 Å². The summed E-state index contributed by atoms with van der Waals surface area (Å²) in [6.45, 7) is 3.48. The Balaban J connectivity index is 1.63. The molecule has 0 atom stereocenters. The second-order valence-electron chi connectivity index (χ2n) is 7.91. The van der Waals surface area contributed by atoms with E-state index in [1.165, 1.54) is 22.1 Å². The molecule has 1 fully saturated rings. The van der Waals surface area contributed by atoms with Crippen molar-refractivity contribution in [2.24, 2.45) is 0 Å². The molecule has 0 unspecified atom stereocenters. The maximum Gasteiger partial charge on any atom is 0.267 e. The first-order valence-electron chi connectivity index (χ1n) is 10.4. The number of nitrogens with zero attached hydrogens (tertiary/aromatic N) is 5. The quantitative estimate of drug-likeness (QED) is 0.334. The highest BCUT2D eigenvalue weighted by Crippen LogP contribution is 2.29. The van der Waals surface area contributed by atoms with E-state index in [1.807, 2.05) is 11.4 Å². The second kappa shape index (κ2) is 8.87. The van der Waals surface area contributed by atoms with Gasteiger partial charge < -0.3 is 9.80 Å². The molecule has 3 aromatic heterocycles. The zero-order valence-corrected chi connectivity index (χ0v) is 20.1. The number of aromatic nitrogens is 3. The van der Waals surface area contributed by atoms with Crippen molar-refractivity contribution in [2.75, 3.05) is 33.2 Å². The Morgan fingerprint density at radius 1 is 1.06 bits per heavy atom. The Hall–Kier alpha value is -2.78. The van der Waals surface area contributed by atoms with E-state index in [-0.39, 0.29) is 5.56 Å². The fourth-order valence-corrected chi connectivity index (χ4v) is 4.98. The summed E-state index contributed by atoms with van der Waals surface area (Å²) < 4.78 is 1.48. The summed E-state index contributed by atoms with van der Waals surface area (Å²) in [5, 5.41) is 12.0. The lowest BCUT2D eigenvalue weighted by Gasteiger charge is -2.33. The molecule has 33 heavy (non-hydrogen) atoms. The van der Waals surface area contributed by atoms with Crippen LogP contribution in [0.5, 0.6) is 0 Å². The van der Waals surface area contributed by atoms with Gasteiger partial charge in [-0.1, -0.05) is 23.2 Å². The Labute approximate surface area is 204 Å². The molecule has 7 nitrogen and oxygen atoms in total. The maximum absolute atomic E-state index is 13.5. The molecule has 0 aliphatic carbocycles. The van der Waals surface area contributed by atoms with Crippen LogP contribution in [0.15, 0.2) is 52.8 Å². The van der Waals surface area contributed by atoms with Gasteiger partial charge in [0.25, 0.3) is 5.56 Å². The zero-order chi connectivity index (χ0) is 23.1. The van der Waals surface area contributed by atoms with Crippen molar-refractivity contribution in [1.29, 1.82) is 5.41 Å². The minimum Gasteiger partial charge on any atom is -0.354 e. The highest BCUT2D eigenvalue weighted by Gasteiger charge is 2.21. The van der Waals surface area contributed by atoms with E-state index in [1.54, 1.807) is 30.3 Å². The van der Waals surface area contributed by atoms with Gasteiger partial charge >= 0.3 is 0 Å². The van der Waals surface area contributed by atoms with Crippen LogP contribution in [-0.4, -0.2) is 63.4 Å². The largest absolute Gasteiger partial charge is 0.354 e. The van der Waals surface area contributed by atoms with E-state index in [4.69, 9.17) is 33.6 Å². The molecule has 0 radical (unpaired) electrons. The summed E-state index contributed by atoms with van der Waals surface area (Å²) in [6, 6.07) is 10.4. The minimum atomic E-state index is -0.267. The molecular weight excluding hydrogens is 479 g/mol. The van der Waals surface area contributed by atoms with Gasteiger partial charge in [-0.25, -0.2) is 14.5 Å². The van der Waals surface area contributed by atoms with E-state index in [9.17, 15) is 4.79 Å². The zero-order valence-electron chi connectivity index (χ0n) is 17.8. The standard InChI is InChI=1S/C23H20Cl2N6OS/c1-29-6-8-30(9-7-29)21(26)14-10-19(33-13-14)22-28-18-4-2-15(24)11-17(18)23(32)31(22)20-5-3-16(25)12-27-20/h2-5,10-13,26H,6-9H2,1H3. The number of piperazine rings is 1. The van der Waals surface area contributed by atoms with Crippen LogP contribution >= 0.6 is 34.5 Å². The number of fused-ring (bicyclic) bond motifs is 1. The van der Waals surface area contributed by atoms with Crippen LogP contribution in [0.25, 0.3) is 27.4 Å². The van der Waals surface area contributed by atoms with Crippen molar-refractivity contribution < 1.29 is 0 Å². The highest BCUT2D eigenvalue weighted by molar-refractivity contribution is 7.13. The van der Waals surface area contributed by atoms with E-state index in [2.05, 4.69) is 21.8 Å². The van der Waals surface area contributed by atoms with Crippen LogP contribution in [0.4, 0.5) is 0 Å². The second-order valence-corrected chi connectivity index (χ2v) is 9.69.